The Morgan fingerprint density at radius 2 is 1.74 bits per heavy atom. The van der Waals surface area contributed by atoms with Gasteiger partial charge in [0.25, 0.3) is 0 Å². The van der Waals surface area contributed by atoms with Crippen molar-refractivity contribution in [3.8, 4) is 0 Å². The predicted molar refractivity (Wildman–Crippen MR) is 93.3 cm³/mol. The number of nitrogens with zero attached hydrogens (tertiary/aromatic N) is 3. The lowest BCUT2D eigenvalue weighted by Crippen LogP contribution is -2.54. The number of aromatic nitrogens is 1. The average Bonchev–Trinajstić information content (AvgIpc) is 3.06. The predicted octanol–water partition coefficient (Wildman–Crippen LogP) is 1.67. The number of halogens is 1. The monoisotopic (exact) mass is 338 g/mol. The number of nitrogens with two attached hydrogens (primary N) is 1. The van der Waals surface area contributed by atoms with Gasteiger partial charge in [0.1, 0.15) is 0 Å². The summed E-state index contributed by atoms with van der Waals surface area (Å²) < 4.78 is 0. The molecule has 0 aromatic carbocycles. The number of piperazine rings is 1. The van der Waals surface area contributed by atoms with Crippen LogP contribution in [0.15, 0.2) is 24.5 Å². The molecule has 1 amide bonds. The van der Waals surface area contributed by atoms with Gasteiger partial charge in [-0.2, -0.15) is 0 Å². The molecule has 0 radical (unpaired) electrons. The van der Waals surface area contributed by atoms with E-state index in [4.69, 9.17) is 5.73 Å². The zero-order chi connectivity index (χ0) is 15.4. The van der Waals surface area contributed by atoms with E-state index in [-0.39, 0.29) is 17.8 Å². The smallest absolute Gasteiger partial charge is 0.230 e. The van der Waals surface area contributed by atoms with Crippen LogP contribution in [0.1, 0.15) is 31.2 Å². The van der Waals surface area contributed by atoms with E-state index in [1.807, 2.05) is 17.3 Å². The molecule has 0 spiro atoms. The molecule has 128 valence electrons. The van der Waals surface area contributed by atoms with Crippen LogP contribution in [-0.2, 0) is 11.3 Å². The van der Waals surface area contributed by atoms with Gasteiger partial charge in [0, 0.05) is 51.7 Å². The lowest BCUT2D eigenvalue weighted by molar-refractivity contribution is -0.143. The number of rotatable bonds is 4. The van der Waals surface area contributed by atoms with E-state index >= 15 is 0 Å². The first-order chi connectivity index (χ1) is 10.7. The molecule has 2 heterocycles. The Morgan fingerprint density at radius 3 is 2.30 bits per heavy atom. The topological polar surface area (TPSA) is 62.5 Å². The summed E-state index contributed by atoms with van der Waals surface area (Å²) in [6.45, 7) is 4.97. The van der Waals surface area contributed by atoms with Crippen molar-refractivity contribution in [2.24, 2.45) is 11.1 Å². The van der Waals surface area contributed by atoms with Gasteiger partial charge >= 0.3 is 0 Å². The normalized spacial score (nSPS) is 21.0. The van der Waals surface area contributed by atoms with Gasteiger partial charge in [-0.05, 0) is 30.5 Å². The third-order valence-electron chi connectivity index (χ3n) is 5.22. The van der Waals surface area contributed by atoms with Crippen LogP contribution < -0.4 is 5.73 Å². The van der Waals surface area contributed by atoms with E-state index in [9.17, 15) is 4.79 Å². The van der Waals surface area contributed by atoms with Gasteiger partial charge in [-0.25, -0.2) is 0 Å². The van der Waals surface area contributed by atoms with Crippen LogP contribution in [0.4, 0.5) is 0 Å². The molecular formula is C17H27ClN4O. The summed E-state index contributed by atoms with van der Waals surface area (Å²) in [6, 6.07) is 4.11. The van der Waals surface area contributed by atoms with Crippen LogP contribution in [0.2, 0.25) is 0 Å². The molecule has 1 aromatic rings. The van der Waals surface area contributed by atoms with Crippen LogP contribution in [0, 0.1) is 5.41 Å². The van der Waals surface area contributed by atoms with Crippen molar-refractivity contribution in [1.82, 2.24) is 14.8 Å². The highest BCUT2D eigenvalue weighted by atomic mass is 35.5. The van der Waals surface area contributed by atoms with Gasteiger partial charge in [-0.15, -0.1) is 12.4 Å². The van der Waals surface area contributed by atoms with E-state index in [0.717, 1.165) is 58.4 Å². The molecule has 1 saturated carbocycles. The lowest BCUT2D eigenvalue weighted by atomic mass is 9.84. The summed E-state index contributed by atoms with van der Waals surface area (Å²) in [6.07, 6.45) is 7.90. The maximum absolute atomic E-state index is 12.8. The molecule has 6 heteroatoms. The van der Waals surface area contributed by atoms with Crippen LogP contribution in [-0.4, -0.2) is 53.4 Å². The molecule has 3 rings (SSSR count). The molecule has 23 heavy (non-hydrogen) atoms. The van der Waals surface area contributed by atoms with E-state index in [2.05, 4.69) is 22.0 Å². The fourth-order valence-electron chi connectivity index (χ4n) is 3.75. The van der Waals surface area contributed by atoms with Crippen molar-refractivity contribution in [3.05, 3.63) is 30.1 Å². The Labute approximate surface area is 144 Å². The average molecular weight is 339 g/mol. The maximum Gasteiger partial charge on any atom is 0.230 e. The Morgan fingerprint density at radius 1 is 1.13 bits per heavy atom. The molecule has 1 aliphatic heterocycles. The van der Waals surface area contributed by atoms with Crippen molar-refractivity contribution in [2.75, 3.05) is 32.7 Å². The van der Waals surface area contributed by atoms with E-state index in [1.54, 1.807) is 0 Å². The van der Waals surface area contributed by atoms with Gasteiger partial charge in [-0.3, -0.25) is 14.7 Å². The molecule has 1 saturated heterocycles. The van der Waals surface area contributed by atoms with Crippen LogP contribution >= 0.6 is 12.4 Å². The summed E-state index contributed by atoms with van der Waals surface area (Å²) in [4.78, 5) is 21.3. The standard InChI is InChI=1S/C17H26N4O.ClH/c18-14-17(5-1-2-6-17)16(22)21-11-9-20(10-12-21)13-15-3-7-19-8-4-15;/h3-4,7-8H,1-2,5-6,9-14,18H2;1H. The SMILES string of the molecule is Cl.NCC1(C(=O)N2CCN(Cc3ccncc3)CC2)CCCC1. The van der Waals surface area contributed by atoms with E-state index < -0.39 is 0 Å². The second-order valence-electron chi connectivity index (χ2n) is 6.62. The molecule has 1 aliphatic carbocycles. The highest BCUT2D eigenvalue weighted by molar-refractivity contribution is 5.85. The van der Waals surface area contributed by atoms with Crippen molar-refractivity contribution in [3.63, 3.8) is 0 Å². The number of carbonyl (C=O) groups is 1. The summed E-state index contributed by atoms with van der Waals surface area (Å²) in [5.41, 5.74) is 6.97. The fraction of sp³-hybridized carbons (Fsp3) is 0.647. The lowest BCUT2D eigenvalue weighted by Gasteiger charge is -2.39. The maximum atomic E-state index is 12.8. The minimum Gasteiger partial charge on any atom is -0.340 e. The summed E-state index contributed by atoms with van der Waals surface area (Å²) >= 11 is 0. The van der Waals surface area contributed by atoms with Crippen LogP contribution in [0.3, 0.4) is 0 Å². The molecule has 2 N–H and O–H groups in total. The second kappa shape index (κ2) is 8.08. The Bertz CT molecular complexity index is 497. The summed E-state index contributed by atoms with van der Waals surface area (Å²) in [7, 11) is 0. The van der Waals surface area contributed by atoms with Gasteiger partial charge in [0.05, 0.1) is 5.41 Å². The number of amides is 1. The van der Waals surface area contributed by atoms with Gasteiger partial charge in [0.15, 0.2) is 0 Å². The van der Waals surface area contributed by atoms with Gasteiger partial charge < -0.3 is 10.6 Å². The Kier molecular flexibility index (Phi) is 6.39. The molecular weight excluding hydrogens is 312 g/mol. The quantitative estimate of drug-likeness (QED) is 0.907. The minimum absolute atomic E-state index is 0. The number of hydrogen-bond donors (Lipinski definition) is 1. The number of carbonyl (C=O) groups excluding carboxylic acids is 1. The molecule has 0 unspecified atom stereocenters. The molecule has 1 aromatic heterocycles. The van der Waals surface area contributed by atoms with Crippen molar-refractivity contribution in [1.29, 1.82) is 0 Å². The molecule has 5 nitrogen and oxygen atoms in total. The summed E-state index contributed by atoms with van der Waals surface area (Å²) in [5, 5.41) is 0. The molecule has 0 bridgehead atoms. The molecule has 2 fully saturated rings. The fourth-order valence-corrected chi connectivity index (χ4v) is 3.75. The summed E-state index contributed by atoms with van der Waals surface area (Å²) in [5.74, 6) is 0.302. The zero-order valence-corrected chi connectivity index (χ0v) is 14.4. The first-order valence-corrected chi connectivity index (χ1v) is 8.34. The van der Waals surface area contributed by atoms with Crippen molar-refractivity contribution >= 4 is 18.3 Å². The third kappa shape index (κ3) is 4.03. The van der Waals surface area contributed by atoms with E-state index in [0.29, 0.717) is 12.5 Å². The van der Waals surface area contributed by atoms with Crippen LogP contribution in [0.25, 0.3) is 0 Å². The minimum atomic E-state index is -0.257. The molecule has 0 atom stereocenters. The number of hydrogen-bond acceptors (Lipinski definition) is 4. The van der Waals surface area contributed by atoms with Crippen LogP contribution in [0.5, 0.6) is 0 Å². The van der Waals surface area contributed by atoms with Crippen molar-refractivity contribution in [2.45, 2.75) is 32.2 Å². The third-order valence-corrected chi connectivity index (χ3v) is 5.22. The molecule has 2 aliphatic rings. The second-order valence-corrected chi connectivity index (χ2v) is 6.62. The Balaban J connectivity index is 0.00000192. The van der Waals surface area contributed by atoms with Crippen molar-refractivity contribution < 1.29 is 4.79 Å². The highest BCUT2D eigenvalue weighted by Gasteiger charge is 2.42. The largest absolute Gasteiger partial charge is 0.340 e. The van der Waals surface area contributed by atoms with E-state index in [1.165, 1.54) is 5.56 Å². The Hall–Kier alpha value is -1.17. The van der Waals surface area contributed by atoms with Gasteiger partial charge in [-0.1, -0.05) is 12.8 Å². The highest BCUT2D eigenvalue weighted by Crippen LogP contribution is 2.39. The first kappa shape index (κ1) is 18.2. The zero-order valence-electron chi connectivity index (χ0n) is 13.6. The number of pyridine rings is 1. The first-order valence-electron chi connectivity index (χ1n) is 8.34. The van der Waals surface area contributed by atoms with Gasteiger partial charge in [0.2, 0.25) is 5.91 Å².